The summed E-state index contributed by atoms with van der Waals surface area (Å²) in [5.41, 5.74) is 2.01. The lowest BCUT2D eigenvalue weighted by Crippen LogP contribution is -2.53. The summed E-state index contributed by atoms with van der Waals surface area (Å²) in [6.45, 7) is 6.53. The number of hydrogen-bond donors (Lipinski definition) is 0. The monoisotopic (exact) mass is 347 g/mol. The van der Waals surface area contributed by atoms with E-state index in [0.29, 0.717) is 5.92 Å². The highest BCUT2D eigenvalue weighted by Gasteiger charge is 2.40. The van der Waals surface area contributed by atoms with Crippen LogP contribution in [0.5, 0.6) is 11.5 Å². The van der Waals surface area contributed by atoms with Crippen LogP contribution in [0.1, 0.15) is 44.7 Å². The lowest BCUT2D eigenvalue weighted by Gasteiger charge is -2.44. The third kappa shape index (κ3) is 3.55. The van der Waals surface area contributed by atoms with Gasteiger partial charge in [0.25, 0.3) is 0 Å². The highest BCUT2D eigenvalue weighted by Crippen LogP contribution is 2.42. The van der Waals surface area contributed by atoms with E-state index in [0.717, 1.165) is 43.7 Å². The zero-order valence-electron chi connectivity index (χ0n) is 15.9. The minimum Gasteiger partial charge on any atom is -0.493 e. The van der Waals surface area contributed by atoms with Gasteiger partial charge in [0.1, 0.15) is 5.60 Å². The Bertz CT molecular complexity index is 650. The van der Waals surface area contributed by atoms with Gasteiger partial charge in [-0.2, -0.15) is 0 Å². The molecule has 0 radical (unpaired) electrons. The summed E-state index contributed by atoms with van der Waals surface area (Å²) in [6, 6.07) is 4.27. The molecular weight excluding hydrogens is 318 g/mol. The van der Waals surface area contributed by atoms with Gasteiger partial charge in [0.2, 0.25) is 0 Å². The number of hydrogen-bond acceptors (Lipinski definition) is 4. The Labute approximate surface area is 150 Å². The summed E-state index contributed by atoms with van der Waals surface area (Å²) in [5.74, 6) is 2.06. The smallest absolute Gasteiger partial charge is 0.410 e. The van der Waals surface area contributed by atoms with Gasteiger partial charge < -0.3 is 19.1 Å². The molecule has 1 fully saturated rings. The predicted octanol–water partition coefficient (Wildman–Crippen LogP) is 3.82. The van der Waals surface area contributed by atoms with Crippen molar-refractivity contribution >= 4 is 6.09 Å². The van der Waals surface area contributed by atoms with E-state index in [1.54, 1.807) is 14.2 Å². The maximum atomic E-state index is 12.7. The number of carbonyl (C=O) groups excluding carboxylic acids is 1. The van der Waals surface area contributed by atoms with Gasteiger partial charge in [-0.15, -0.1) is 0 Å². The van der Waals surface area contributed by atoms with Gasteiger partial charge >= 0.3 is 6.09 Å². The molecule has 2 aliphatic rings. The summed E-state index contributed by atoms with van der Waals surface area (Å²) in [7, 11) is 3.36. The molecule has 5 nitrogen and oxygen atoms in total. The molecule has 0 aromatic heterocycles. The fraction of sp³-hybridized carbons (Fsp3) is 0.650. The molecule has 5 heteroatoms. The van der Waals surface area contributed by atoms with Crippen LogP contribution in [-0.4, -0.2) is 43.4 Å². The van der Waals surface area contributed by atoms with Crippen LogP contribution in [0.15, 0.2) is 12.1 Å². The minimum atomic E-state index is -0.465. The molecule has 1 amide bonds. The molecule has 1 unspecified atom stereocenters. The number of carbonyl (C=O) groups is 1. The number of likely N-dealkylation sites (tertiary alicyclic amines) is 1. The van der Waals surface area contributed by atoms with Crippen LogP contribution in [0.2, 0.25) is 0 Å². The summed E-state index contributed by atoms with van der Waals surface area (Å²) < 4.78 is 16.7. The molecule has 1 saturated heterocycles. The largest absolute Gasteiger partial charge is 0.493 e. The van der Waals surface area contributed by atoms with E-state index in [4.69, 9.17) is 14.2 Å². The molecule has 0 N–H and O–H groups in total. The lowest BCUT2D eigenvalue weighted by molar-refractivity contribution is -0.00145. The Morgan fingerprint density at radius 3 is 2.56 bits per heavy atom. The first kappa shape index (κ1) is 17.9. The zero-order chi connectivity index (χ0) is 18.2. The van der Waals surface area contributed by atoms with Crippen LogP contribution in [0.3, 0.4) is 0 Å². The Kier molecular flexibility index (Phi) is 4.85. The first-order valence-corrected chi connectivity index (χ1v) is 9.06. The molecular formula is C20H29NO4. The molecule has 0 bridgehead atoms. The second kappa shape index (κ2) is 6.77. The number of fused-ring (bicyclic) bond motifs is 2. The van der Waals surface area contributed by atoms with E-state index in [2.05, 4.69) is 6.07 Å². The number of piperidine rings is 1. The van der Waals surface area contributed by atoms with Crippen molar-refractivity contribution in [2.24, 2.45) is 5.92 Å². The van der Waals surface area contributed by atoms with Gasteiger partial charge in [0.15, 0.2) is 11.5 Å². The molecule has 1 aromatic rings. The highest BCUT2D eigenvalue weighted by molar-refractivity contribution is 5.69. The van der Waals surface area contributed by atoms with Crippen molar-refractivity contribution in [3.63, 3.8) is 0 Å². The Morgan fingerprint density at radius 2 is 1.92 bits per heavy atom. The van der Waals surface area contributed by atoms with Crippen LogP contribution < -0.4 is 9.47 Å². The third-order valence-electron chi connectivity index (χ3n) is 5.19. The summed E-state index contributed by atoms with van der Waals surface area (Å²) in [6.07, 6.45) is 3.72. The molecule has 138 valence electrons. The molecule has 1 aromatic carbocycles. The van der Waals surface area contributed by atoms with E-state index in [9.17, 15) is 4.79 Å². The molecule has 25 heavy (non-hydrogen) atoms. The zero-order valence-corrected chi connectivity index (χ0v) is 15.9. The van der Waals surface area contributed by atoms with Crippen molar-refractivity contribution in [2.75, 3.05) is 20.8 Å². The van der Waals surface area contributed by atoms with Crippen LogP contribution in [0.25, 0.3) is 0 Å². The van der Waals surface area contributed by atoms with E-state index in [-0.39, 0.29) is 12.1 Å². The average molecular weight is 347 g/mol. The first-order chi connectivity index (χ1) is 11.8. The predicted molar refractivity (Wildman–Crippen MR) is 96.4 cm³/mol. The molecule has 0 spiro atoms. The maximum Gasteiger partial charge on any atom is 0.410 e. The van der Waals surface area contributed by atoms with Gasteiger partial charge in [0.05, 0.1) is 14.2 Å². The fourth-order valence-corrected chi connectivity index (χ4v) is 4.13. The Morgan fingerprint density at radius 1 is 1.16 bits per heavy atom. The van der Waals surface area contributed by atoms with E-state index in [1.807, 2.05) is 31.7 Å². The van der Waals surface area contributed by atoms with Crippen molar-refractivity contribution < 1.29 is 19.0 Å². The van der Waals surface area contributed by atoms with Crippen molar-refractivity contribution in [3.8, 4) is 11.5 Å². The molecule has 1 aliphatic carbocycles. The van der Waals surface area contributed by atoms with Crippen molar-refractivity contribution in [1.29, 1.82) is 0 Å². The molecule has 1 aliphatic heterocycles. The van der Waals surface area contributed by atoms with Gasteiger partial charge in [-0.3, -0.25) is 0 Å². The topological polar surface area (TPSA) is 48.0 Å². The van der Waals surface area contributed by atoms with E-state index >= 15 is 0 Å². The average Bonchev–Trinajstić information content (AvgIpc) is 2.56. The highest BCUT2D eigenvalue weighted by atomic mass is 16.6. The van der Waals surface area contributed by atoms with Crippen LogP contribution in [0, 0.1) is 5.92 Å². The molecule has 3 rings (SSSR count). The van der Waals surface area contributed by atoms with Crippen LogP contribution >= 0.6 is 0 Å². The van der Waals surface area contributed by atoms with Crippen molar-refractivity contribution in [3.05, 3.63) is 23.3 Å². The summed E-state index contributed by atoms with van der Waals surface area (Å²) in [5, 5.41) is 0. The van der Waals surface area contributed by atoms with E-state index < -0.39 is 5.60 Å². The van der Waals surface area contributed by atoms with Crippen LogP contribution in [0.4, 0.5) is 4.79 Å². The SMILES string of the molecule is COc1ccc2c(c1OC)C[C@@H]1CCCN(C(=O)OC(C)(C)C)C1C2. The number of benzene rings is 1. The van der Waals surface area contributed by atoms with Gasteiger partial charge in [0, 0.05) is 18.2 Å². The van der Waals surface area contributed by atoms with Gasteiger partial charge in [-0.1, -0.05) is 6.07 Å². The fourth-order valence-electron chi connectivity index (χ4n) is 4.13. The summed E-state index contributed by atoms with van der Waals surface area (Å²) in [4.78, 5) is 14.6. The first-order valence-electron chi connectivity index (χ1n) is 9.06. The lowest BCUT2D eigenvalue weighted by atomic mass is 9.75. The number of rotatable bonds is 2. The number of nitrogens with zero attached hydrogens (tertiary/aromatic N) is 1. The standard InChI is InChI=1S/C20H29NO4/c1-20(2,3)25-19(22)21-10-6-7-14-11-15-13(12-16(14)21)8-9-17(23-4)18(15)24-5/h8-9,14,16H,6-7,10-12H2,1-5H3/t14-,16?/m0/s1. The minimum absolute atomic E-state index is 0.189. The normalized spacial score (nSPS) is 22.7. The number of methoxy groups -OCH3 is 2. The maximum absolute atomic E-state index is 12.7. The molecule has 0 saturated carbocycles. The molecule has 1 heterocycles. The van der Waals surface area contributed by atoms with Crippen LogP contribution in [-0.2, 0) is 17.6 Å². The quantitative estimate of drug-likeness (QED) is 0.816. The van der Waals surface area contributed by atoms with Crippen molar-refractivity contribution in [1.82, 2.24) is 4.90 Å². The Balaban J connectivity index is 1.88. The Hall–Kier alpha value is -1.91. The van der Waals surface area contributed by atoms with Gasteiger partial charge in [-0.05, 0) is 64.0 Å². The third-order valence-corrected chi connectivity index (χ3v) is 5.19. The van der Waals surface area contributed by atoms with Crippen molar-refractivity contribution in [2.45, 2.75) is 58.1 Å². The molecule has 2 atom stereocenters. The van der Waals surface area contributed by atoms with E-state index in [1.165, 1.54) is 11.1 Å². The summed E-state index contributed by atoms with van der Waals surface area (Å²) >= 11 is 0. The van der Waals surface area contributed by atoms with Gasteiger partial charge in [-0.25, -0.2) is 4.79 Å². The second-order valence-corrected chi connectivity index (χ2v) is 7.99. The number of ether oxygens (including phenoxy) is 3. The number of amides is 1. The second-order valence-electron chi connectivity index (χ2n) is 7.99.